The van der Waals surface area contributed by atoms with Gasteiger partial charge in [0.25, 0.3) is 5.91 Å². The molecule has 0 saturated carbocycles. The lowest BCUT2D eigenvalue weighted by atomic mass is 9.97. The van der Waals surface area contributed by atoms with Crippen molar-refractivity contribution in [2.75, 3.05) is 6.54 Å². The predicted molar refractivity (Wildman–Crippen MR) is 69.9 cm³/mol. The first-order valence-corrected chi connectivity index (χ1v) is 6.90. The third kappa shape index (κ3) is 2.94. The normalized spacial score (nSPS) is 19.5. The second-order valence-corrected chi connectivity index (χ2v) is 5.04. The lowest BCUT2D eigenvalue weighted by molar-refractivity contribution is 0.0595. The Balaban J connectivity index is 2.23. The van der Waals surface area contributed by atoms with Crippen molar-refractivity contribution in [3.8, 4) is 0 Å². The largest absolute Gasteiger partial charge is 0.336 e. The Kier molecular flexibility index (Phi) is 4.51. The highest BCUT2D eigenvalue weighted by molar-refractivity contribution is 5.94. The predicted octanol–water partition coefficient (Wildman–Crippen LogP) is 3.76. The number of hydrogen-bond acceptors (Lipinski definition) is 1. The fourth-order valence-electron chi connectivity index (χ4n) is 2.72. The lowest BCUT2D eigenvalue weighted by Gasteiger charge is -2.36. The van der Waals surface area contributed by atoms with Gasteiger partial charge in [0.05, 0.1) is 5.56 Å². The average Bonchev–Trinajstić information content (AvgIpc) is 2.42. The van der Waals surface area contributed by atoms with Crippen molar-refractivity contribution in [3.63, 3.8) is 0 Å². The molecule has 0 radical (unpaired) electrons. The summed E-state index contributed by atoms with van der Waals surface area (Å²) in [4.78, 5) is 14.1. The third-order valence-electron chi connectivity index (χ3n) is 3.69. The summed E-state index contributed by atoms with van der Waals surface area (Å²) in [5, 5.41) is 0. The molecule has 104 valence electrons. The minimum atomic E-state index is -1.03. The van der Waals surface area contributed by atoms with Gasteiger partial charge in [0, 0.05) is 12.6 Å². The highest BCUT2D eigenvalue weighted by Gasteiger charge is 2.28. The smallest absolute Gasteiger partial charge is 0.257 e. The van der Waals surface area contributed by atoms with Crippen LogP contribution in [0.5, 0.6) is 0 Å². The molecule has 2 nitrogen and oxygen atoms in total. The molecule has 1 aliphatic rings. The van der Waals surface area contributed by atoms with Crippen LogP contribution >= 0.6 is 0 Å². The maximum atomic E-state index is 13.7. The van der Waals surface area contributed by atoms with Gasteiger partial charge in [-0.2, -0.15) is 0 Å². The van der Waals surface area contributed by atoms with Crippen LogP contribution in [0.15, 0.2) is 18.2 Å². The summed E-state index contributed by atoms with van der Waals surface area (Å²) >= 11 is 0. The summed E-state index contributed by atoms with van der Waals surface area (Å²) in [7, 11) is 0. The number of piperidine rings is 1. The van der Waals surface area contributed by atoms with Gasteiger partial charge in [0.1, 0.15) is 0 Å². The number of hydrogen-bond donors (Lipinski definition) is 0. The van der Waals surface area contributed by atoms with E-state index in [0.717, 1.165) is 38.2 Å². The molecule has 0 aliphatic carbocycles. The number of benzene rings is 1. The number of nitrogens with zero attached hydrogens (tertiary/aromatic N) is 1. The molecule has 19 heavy (non-hydrogen) atoms. The van der Waals surface area contributed by atoms with Crippen LogP contribution in [0.4, 0.5) is 8.78 Å². The van der Waals surface area contributed by atoms with Gasteiger partial charge in [-0.05, 0) is 37.8 Å². The molecular weight excluding hydrogens is 248 g/mol. The van der Waals surface area contributed by atoms with Gasteiger partial charge in [-0.3, -0.25) is 4.79 Å². The quantitative estimate of drug-likeness (QED) is 0.816. The number of amides is 1. The van der Waals surface area contributed by atoms with Crippen molar-refractivity contribution < 1.29 is 13.6 Å². The Morgan fingerprint density at radius 3 is 2.89 bits per heavy atom. The summed E-state index contributed by atoms with van der Waals surface area (Å²) in [6, 6.07) is 3.93. The zero-order chi connectivity index (χ0) is 13.8. The van der Waals surface area contributed by atoms with E-state index in [1.165, 1.54) is 12.1 Å². The first-order valence-electron chi connectivity index (χ1n) is 6.90. The van der Waals surface area contributed by atoms with Crippen molar-refractivity contribution in [2.45, 2.75) is 45.1 Å². The van der Waals surface area contributed by atoms with Crippen LogP contribution in [0.25, 0.3) is 0 Å². The molecule has 1 unspecified atom stereocenters. The van der Waals surface area contributed by atoms with Crippen molar-refractivity contribution in [3.05, 3.63) is 35.4 Å². The van der Waals surface area contributed by atoms with Crippen LogP contribution in [0.2, 0.25) is 0 Å². The summed E-state index contributed by atoms with van der Waals surface area (Å²) in [6.45, 7) is 2.71. The van der Waals surface area contributed by atoms with Crippen LogP contribution < -0.4 is 0 Å². The van der Waals surface area contributed by atoms with Crippen LogP contribution in [0.1, 0.15) is 49.4 Å². The molecular formula is C15H19F2NO. The van der Waals surface area contributed by atoms with E-state index in [4.69, 9.17) is 0 Å². The second-order valence-electron chi connectivity index (χ2n) is 5.04. The second kappa shape index (κ2) is 6.13. The van der Waals surface area contributed by atoms with Crippen LogP contribution in [0.3, 0.4) is 0 Å². The molecule has 1 fully saturated rings. The van der Waals surface area contributed by atoms with E-state index < -0.39 is 11.6 Å². The SMILES string of the molecule is CCCC1CCCCN1C(=O)c1cccc(F)c1F. The van der Waals surface area contributed by atoms with Crippen LogP contribution in [-0.2, 0) is 0 Å². The molecule has 0 aromatic heterocycles. The molecule has 1 atom stereocenters. The van der Waals surface area contributed by atoms with Crippen molar-refractivity contribution in [1.29, 1.82) is 0 Å². The summed E-state index contributed by atoms with van der Waals surface area (Å²) < 4.78 is 26.9. The molecule has 4 heteroatoms. The van der Waals surface area contributed by atoms with Gasteiger partial charge in [-0.25, -0.2) is 8.78 Å². The number of likely N-dealkylation sites (tertiary alicyclic amines) is 1. The number of carbonyl (C=O) groups excluding carboxylic acids is 1. The van der Waals surface area contributed by atoms with Gasteiger partial charge in [-0.15, -0.1) is 0 Å². The van der Waals surface area contributed by atoms with E-state index in [1.54, 1.807) is 4.90 Å². The van der Waals surface area contributed by atoms with E-state index >= 15 is 0 Å². The number of halogens is 2. The van der Waals surface area contributed by atoms with E-state index in [1.807, 2.05) is 0 Å². The van der Waals surface area contributed by atoms with Crippen molar-refractivity contribution in [2.24, 2.45) is 0 Å². The molecule has 1 amide bonds. The lowest BCUT2D eigenvalue weighted by Crippen LogP contribution is -2.44. The maximum absolute atomic E-state index is 13.7. The Morgan fingerprint density at radius 2 is 2.16 bits per heavy atom. The van der Waals surface area contributed by atoms with Gasteiger partial charge < -0.3 is 4.90 Å². The van der Waals surface area contributed by atoms with Crippen LogP contribution in [-0.4, -0.2) is 23.4 Å². The number of carbonyl (C=O) groups is 1. The fourth-order valence-corrected chi connectivity index (χ4v) is 2.72. The molecule has 2 rings (SSSR count). The molecule has 1 saturated heterocycles. The zero-order valence-corrected chi connectivity index (χ0v) is 11.2. The zero-order valence-electron chi connectivity index (χ0n) is 11.2. The highest BCUT2D eigenvalue weighted by Crippen LogP contribution is 2.24. The summed E-state index contributed by atoms with van der Waals surface area (Å²) in [5.74, 6) is -2.38. The fraction of sp³-hybridized carbons (Fsp3) is 0.533. The molecule has 1 aromatic rings. The van der Waals surface area contributed by atoms with E-state index in [0.29, 0.717) is 6.54 Å². The average molecular weight is 267 g/mol. The van der Waals surface area contributed by atoms with Crippen molar-refractivity contribution in [1.82, 2.24) is 4.90 Å². The molecule has 0 bridgehead atoms. The van der Waals surface area contributed by atoms with Gasteiger partial charge in [-0.1, -0.05) is 19.4 Å². The molecule has 0 spiro atoms. The van der Waals surface area contributed by atoms with E-state index in [-0.39, 0.29) is 17.5 Å². The Morgan fingerprint density at radius 1 is 1.37 bits per heavy atom. The van der Waals surface area contributed by atoms with Gasteiger partial charge in [0.2, 0.25) is 0 Å². The number of rotatable bonds is 3. The summed E-state index contributed by atoms with van der Waals surface area (Å²) in [5.41, 5.74) is -0.150. The first kappa shape index (κ1) is 14.0. The Hall–Kier alpha value is -1.45. The molecule has 0 N–H and O–H groups in total. The van der Waals surface area contributed by atoms with E-state index in [9.17, 15) is 13.6 Å². The minimum absolute atomic E-state index is 0.150. The van der Waals surface area contributed by atoms with E-state index in [2.05, 4.69) is 6.92 Å². The molecule has 1 aliphatic heterocycles. The Bertz CT molecular complexity index is 459. The maximum Gasteiger partial charge on any atom is 0.257 e. The topological polar surface area (TPSA) is 20.3 Å². The highest BCUT2D eigenvalue weighted by atomic mass is 19.2. The third-order valence-corrected chi connectivity index (χ3v) is 3.69. The molecule has 1 heterocycles. The monoisotopic (exact) mass is 267 g/mol. The minimum Gasteiger partial charge on any atom is -0.336 e. The molecule has 1 aromatic carbocycles. The summed E-state index contributed by atoms with van der Waals surface area (Å²) in [6.07, 6.45) is 4.89. The Labute approximate surface area is 112 Å². The van der Waals surface area contributed by atoms with Crippen LogP contribution in [0, 0.1) is 11.6 Å². The van der Waals surface area contributed by atoms with Crippen molar-refractivity contribution >= 4 is 5.91 Å². The first-order chi connectivity index (χ1) is 9.15. The van der Waals surface area contributed by atoms with Gasteiger partial charge in [0.15, 0.2) is 11.6 Å². The van der Waals surface area contributed by atoms with Gasteiger partial charge >= 0.3 is 0 Å². The standard InChI is InChI=1S/C15H19F2NO/c1-2-6-11-7-3-4-10-18(11)15(19)12-8-5-9-13(16)14(12)17/h5,8-9,11H,2-4,6-7,10H2,1H3.